The van der Waals surface area contributed by atoms with Gasteiger partial charge in [-0.3, -0.25) is 9.69 Å². The molecule has 23 heavy (non-hydrogen) atoms. The van der Waals surface area contributed by atoms with Gasteiger partial charge in [-0.15, -0.1) is 0 Å². The van der Waals surface area contributed by atoms with Gasteiger partial charge in [0, 0.05) is 25.2 Å². The van der Waals surface area contributed by atoms with Crippen molar-refractivity contribution < 1.29 is 9.53 Å². The molecule has 1 amide bonds. The number of hydrogen-bond acceptors (Lipinski definition) is 4. The van der Waals surface area contributed by atoms with Crippen molar-refractivity contribution in [3.05, 3.63) is 0 Å². The molecule has 2 N–H and O–H groups in total. The van der Waals surface area contributed by atoms with Crippen LogP contribution < -0.4 is 10.6 Å². The number of nitrogens with one attached hydrogen (secondary N) is 2. The summed E-state index contributed by atoms with van der Waals surface area (Å²) in [4.78, 5) is 15.0. The van der Waals surface area contributed by atoms with Crippen LogP contribution in [0.5, 0.6) is 0 Å². The quantitative estimate of drug-likeness (QED) is 0.826. The maximum absolute atomic E-state index is 12.4. The molecule has 1 atom stereocenters. The molecule has 0 aromatic carbocycles. The number of carbonyl (C=O) groups excluding carboxylic acids is 1. The van der Waals surface area contributed by atoms with Gasteiger partial charge in [0.15, 0.2) is 0 Å². The predicted molar refractivity (Wildman–Crippen MR) is 91.5 cm³/mol. The van der Waals surface area contributed by atoms with E-state index in [2.05, 4.69) is 29.4 Å². The lowest BCUT2D eigenvalue weighted by Crippen LogP contribution is -2.63. The summed E-state index contributed by atoms with van der Waals surface area (Å²) < 4.78 is 5.90. The molecule has 0 bridgehead atoms. The van der Waals surface area contributed by atoms with Crippen LogP contribution in [0, 0.1) is 0 Å². The highest BCUT2D eigenvalue weighted by Gasteiger charge is 2.42. The number of hydrogen-bond donors (Lipinski definition) is 2. The highest BCUT2D eigenvalue weighted by atomic mass is 16.5. The minimum absolute atomic E-state index is 0.0248. The van der Waals surface area contributed by atoms with E-state index in [0.29, 0.717) is 0 Å². The number of morpholine rings is 1. The third kappa shape index (κ3) is 4.06. The van der Waals surface area contributed by atoms with E-state index in [0.717, 1.165) is 45.6 Å². The van der Waals surface area contributed by atoms with E-state index < -0.39 is 0 Å². The second-order valence-corrected chi connectivity index (χ2v) is 8.18. The first-order valence-electron chi connectivity index (χ1n) is 9.41. The molecular weight excluding hydrogens is 290 g/mol. The largest absolute Gasteiger partial charge is 0.373 e. The Morgan fingerprint density at radius 1 is 1.26 bits per heavy atom. The molecule has 2 saturated heterocycles. The van der Waals surface area contributed by atoms with Crippen molar-refractivity contribution in [1.29, 1.82) is 0 Å². The van der Waals surface area contributed by atoms with Crippen LogP contribution in [0.3, 0.4) is 0 Å². The number of nitrogens with zero attached hydrogens (tertiary/aromatic N) is 1. The molecule has 132 valence electrons. The second kappa shape index (κ2) is 7.08. The first kappa shape index (κ1) is 17.2. The zero-order valence-electron chi connectivity index (χ0n) is 14.8. The van der Waals surface area contributed by atoms with E-state index in [1.807, 2.05) is 0 Å². The van der Waals surface area contributed by atoms with Gasteiger partial charge in [0.25, 0.3) is 0 Å². The highest BCUT2D eigenvalue weighted by molar-refractivity contribution is 5.82. The highest BCUT2D eigenvalue weighted by Crippen LogP contribution is 2.36. The standard InChI is InChI=1S/C18H33N3O2/c1-17(2)14-21(11-12-23-17)18(8-4-3-5-9-18)13-20-16(22)15-7-6-10-19-15/h15,19H,3-14H2,1-2H3,(H,20,22). The molecule has 0 aromatic heterocycles. The van der Waals surface area contributed by atoms with Crippen LogP contribution in [0.1, 0.15) is 58.8 Å². The summed E-state index contributed by atoms with van der Waals surface area (Å²) in [5.41, 5.74) is 0.0489. The van der Waals surface area contributed by atoms with E-state index in [9.17, 15) is 4.79 Å². The molecule has 1 unspecified atom stereocenters. The average Bonchev–Trinajstić information content (AvgIpc) is 3.07. The number of rotatable bonds is 4. The van der Waals surface area contributed by atoms with Crippen molar-refractivity contribution in [3.63, 3.8) is 0 Å². The van der Waals surface area contributed by atoms with Crippen LogP contribution >= 0.6 is 0 Å². The summed E-state index contributed by atoms with van der Waals surface area (Å²) >= 11 is 0. The van der Waals surface area contributed by atoms with Gasteiger partial charge in [0.1, 0.15) is 0 Å². The summed E-state index contributed by atoms with van der Waals surface area (Å²) in [7, 11) is 0. The Bertz CT molecular complexity index is 412. The maximum atomic E-state index is 12.4. The molecule has 2 aliphatic heterocycles. The minimum atomic E-state index is -0.0836. The molecule has 1 aliphatic carbocycles. The molecule has 1 saturated carbocycles. The van der Waals surface area contributed by atoms with Crippen LogP contribution in [-0.2, 0) is 9.53 Å². The lowest BCUT2D eigenvalue weighted by Gasteiger charge is -2.51. The van der Waals surface area contributed by atoms with E-state index in [1.165, 1.54) is 32.1 Å². The number of ether oxygens (including phenoxy) is 1. The fourth-order valence-corrected chi connectivity index (χ4v) is 4.52. The van der Waals surface area contributed by atoms with Gasteiger partial charge in [-0.05, 0) is 46.1 Å². The third-order valence-electron chi connectivity index (χ3n) is 5.85. The molecule has 3 fully saturated rings. The molecule has 0 aromatic rings. The monoisotopic (exact) mass is 323 g/mol. The Balaban J connectivity index is 1.65. The summed E-state index contributed by atoms with van der Waals surface area (Å²) in [6, 6.07) is 0.0248. The van der Waals surface area contributed by atoms with Crippen molar-refractivity contribution in [2.75, 3.05) is 32.8 Å². The van der Waals surface area contributed by atoms with Crippen molar-refractivity contribution in [2.24, 2.45) is 0 Å². The SMILES string of the molecule is CC1(C)CN(C2(CNC(=O)C3CCCN3)CCCCC2)CCO1. The Hall–Kier alpha value is -0.650. The zero-order chi connectivity index (χ0) is 16.3. The molecule has 0 spiro atoms. The molecular formula is C18H33N3O2. The lowest BCUT2D eigenvalue weighted by atomic mass is 9.79. The first-order chi connectivity index (χ1) is 11.0. The fourth-order valence-electron chi connectivity index (χ4n) is 4.52. The fraction of sp³-hybridized carbons (Fsp3) is 0.944. The van der Waals surface area contributed by atoms with Gasteiger partial charge in [-0.25, -0.2) is 0 Å². The lowest BCUT2D eigenvalue weighted by molar-refractivity contribution is -0.130. The van der Waals surface area contributed by atoms with E-state index in [4.69, 9.17) is 4.74 Å². The van der Waals surface area contributed by atoms with Crippen LogP contribution in [0.2, 0.25) is 0 Å². The Morgan fingerprint density at radius 2 is 2.04 bits per heavy atom. The van der Waals surface area contributed by atoms with Crippen LogP contribution in [0.25, 0.3) is 0 Å². The van der Waals surface area contributed by atoms with Crippen molar-refractivity contribution in [2.45, 2.75) is 76.0 Å². The molecule has 2 heterocycles. The molecule has 5 nitrogen and oxygen atoms in total. The predicted octanol–water partition coefficient (Wildman–Crippen LogP) is 1.67. The van der Waals surface area contributed by atoms with Crippen LogP contribution in [0.15, 0.2) is 0 Å². The van der Waals surface area contributed by atoms with Gasteiger partial charge >= 0.3 is 0 Å². The third-order valence-corrected chi connectivity index (χ3v) is 5.85. The van der Waals surface area contributed by atoms with Crippen molar-refractivity contribution in [1.82, 2.24) is 15.5 Å². The van der Waals surface area contributed by atoms with Crippen molar-refractivity contribution in [3.8, 4) is 0 Å². The smallest absolute Gasteiger partial charge is 0.237 e. The van der Waals surface area contributed by atoms with Gasteiger partial charge in [0.05, 0.1) is 18.2 Å². The van der Waals surface area contributed by atoms with E-state index in [1.54, 1.807) is 0 Å². The summed E-state index contributed by atoms with van der Waals surface area (Å²) in [5.74, 6) is 0.194. The molecule has 5 heteroatoms. The van der Waals surface area contributed by atoms with Gasteiger partial charge in [0.2, 0.25) is 5.91 Å². The zero-order valence-corrected chi connectivity index (χ0v) is 14.8. The van der Waals surface area contributed by atoms with Gasteiger partial charge in [-0.1, -0.05) is 19.3 Å². The Morgan fingerprint density at radius 3 is 2.70 bits per heavy atom. The number of carbonyl (C=O) groups is 1. The summed E-state index contributed by atoms with van der Waals surface area (Å²) in [5, 5.41) is 6.58. The molecule has 3 aliphatic rings. The van der Waals surface area contributed by atoms with E-state index >= 15 is 0 Å². The van der Waals surface area contributed by atoms with E-state index in [-0.39, 0.29) is 23.1 Å². The molecule has 0 radical (unpaired) electrons. The summed E-state index contributed by atoms with van der Waals surface area (Å²) in [6.45, 7) is 8.87. The minimum Gasteiger partial charge on any atom is -0.373 e. The molecule has 3 rings (SSSR count). The Kier molecular flexibility index (Phi) is 5.29. The maximum Gasteiger partial charge on any atom is 0.237 e. The Labute approximate surface area is 140 Å². The van der Waals surface area contributed by atoms with Crippen molar-refractivity contribution >= 4 is 5.91 Å². The van der Waals surface area contributed by atoms with Gasteiger partial charge in [-0.2, -0.15) is 0 Å². The van der Waals surface area contributed by atoms with Crippen LogP contribution in [0.4, 0.5) is 0 Å². The normalized spacial score (nSPS) is 31.0. The second-order valence-electron chi connectivity index (χ2n) is 8.18. The van der Waals surface area contributed by atoms with Gasteiger partial charge < -0.3 is 15.4 Å². The summed E-state index contributed by atoms with van der Waals surface area (Å²) in [6.07, 6.45) is 8.35. The first-order valence-corrected chi connectivity index (χ1v) is 9.41. The number of amides is 1. The van der Waals surface area contributed by atoms with Crippen LogP contribution in [-0.4, -0.2) is 60.8 Å². The topological polar surface area (TPSA) is 53.6 Å². The average molecular weight is 323 g/mol.